The first-order valence-electron chi connectivity index (χ1n) is 8.08. The largest absolute Gasteiger partial charge is 0.340 e. The first-order valence-corrected chi connectivity index (χ1v) is 8.84. The van der Waals surface area contributed by atoms with Gasteiger partial charge in [0.25, 0.3) is 0 Å². The van der Waals surface area contributed by atoms with Gasteiger partial charge in [0.15, 0.2) is 0 Å². The van der Waals surface area contributed by atoms with Gasteiger partial charge in [-0.25, -0.2) is 0 Å². The zero-order chi connectivity index (χ0) is 17.9. The van der Waals surface area contributed by atoms with Crippen molar-refractivity contribution in [3.05, 3.63) is 28.2 Å². The molecule has 1 N–H and O–H groups in total. The monoisotopic (exact) mass is 371 g/mol. The van der Waals surface area contributed by atoms with Crippen molar-refractivity contribution >= 4 is 40.7 Å². The third-order valence-corrected chi connectivity index (χ3v) is 4.78. The highest BCUT2D eigenvalue weighted by Gasteiger charge is 2.28. The Hall–Kier alpha value is -1.30. The predicted molar refractivity (Wildman–Crippen MR) is 97.5 cm³/mol. The van der Waals surface area contributed by atoms with Crippen LogP contribution in [0.1, 0.15) is 20.8 Å². The van der Waals surface area contributed by atoms with Gasteiger partial charge < -0.3 is 10.2 Å². The van der Waals surface area contributed by atoms with E-state index in [0.29, 0.717) is 41.9 Å². The predicted octanol–water partition coefficient (Wildman–Crippen LogP) is 3.12. The second kappa shape index (κ2) is 8.19. The minimum atomic E-state index is -0.298. The molecule has 2 amide bonds. The minimum Gasteiger partial charge on any atom is -0.340 e. The lowest BCUT2D eigenvalue weighted by Crippen LogP contribution is -2.54. The first kappa shape index (κ1) is 19.0. The van der Waals surface area contributed by atoms with Crippen LogP contribution in [0.3, 0.4) is 0 Å². The number of nitrogens with one attached hydrogen (secondary N) is 1. The summed E-state index contributed by atoms with van der Waals surface area (Å²) in [6, 6.07) is 4.67. The van der Waals surface area contributed by atoms with Gasteiger partial charge in [-0.05, 0) is 25.1 Å². The van der Waals surface area contributed by atoms with Gasteiger partial charge in [0, 0.05) is 37.1 Å². The van der Waals surface area contributed by atoms with Crippen LogP contribution in [0.4, 0.5) is 5.69 Å². The van der Waals surface area contributed by atoms with Gasteiger partial charge in [-0.3, -0.25) is 14.5 Å². The fraction of sp³-hybridized carbons (Fsp3) is 0.529. The second-order valence-electron chi connectivity index (χ2n) is 6.31. The molecule has 0 spiro atoms. The molecule has 132 valence electrons. The average molecular weight is 372 g/mol. The van der Waals surface area contributed by atoms with Crippen LogP contribution < -0.4 is 5.32 Å². The molecule has 0 bridgehead atoms. The third-order valence-electron chi connectivity index (χ3n) is 4.24. The van der Waals surface area contributed by atoms with E-state index in [1.165, 1.54) is 0 Å². The van der Waals surface area contributed by atoms with E-state index in [2.05, 4.69) is 10.2 Å². The van der Waals surface area contributed by atoms with Crippen LogP contribution >= 0.6 is 23.2 Å². The summed E-state index contributed by atoms with van der Waals surface area (Å²) in [7, 11) is 0. The lowest BCUT2D eigenvalue weighted by molar-refractivity contribution is -0.136. The summed E-state index contributed by atoms with van der Waals surface area (Å²) in [5.74, 6) is 0.0480. The highest BCUT2D eigenvalue weighted by molar-refractivity contribution is 6.36. The van der Waals surface area contributed by atoms with Gasteiger partial charge in [-0.1, -0.05) is 37.0 Å². The zero-order valence-corrected chi connectivity index (χ0v) is 15.7. The van der Waals surface area contributed by atoms with Crippen molar-refractivity contribution in [3.63, 3.8) is 0 Å². The normalized spacial score (nSPS) is 17.0. The molecule has 1 aliphatic heterocycles. The number of carbonyl (C=O) groups excluding carboxylic acids is 2. The summed E-state index contributed by atoms with van der Waals surface area (Å²) in [6.07, 6.45) is 0. The van der Waals surface area contributed by atoms with Gasteiger partial charge in [0.1, 0.15) is 0 Å². The van der Waals surface area contributed by atoms with E-state index >= 15 is 0 Å². The van der Waals surface area contributed by atoms with Crippen molar-refractivity contribution in [2.75, 3.05) is 31.5 Å². The number of rotatable bonds is 4. The van der Waals surface area contributed by atoms with E-state index in [0.717, 1.165) is 0 Å². The Balaban J connectivity index is 1.91. The van der Waals surface area contributed by atoms with Gasteiger partial charge in [0.05, 0.1) is 16.8 Å². The van der Waals surface area contributed by atoms with Crippen LogP contribution in [0.25, 0.3) is 0 Å². The standard InChI is InChI=1S/C17H23Cl2N3O2/c1-11(2)17(24)22-8-6-21(7-9-22)12(3)16(23)20-15-5-4-13(18)10-14(15)19/h4-5,10-12H,6-9H2,1-3H3,(H,20,23). The van der Waals surface area contributed by atoms with Crippen molar-refractivity contribution in [2.24, 2.45) is 5.92 Å². The molecule has 0 saturated carbocycles. The number of nitrogens with zero attached hydrogens (tertiary/aromatic N) is 2. The maximum Gasteiger partial charge on any atom is 0.241 e. The Bertz CT molecular complexity index is 614. The van der Waals surface area contributed by atoms with E-state index in [1.54, 1.807) is 18.2 Å². The summed E-state index contributed by atoms with van der Waals surface area (Å²) in [4.78, 5) is 28.4. The van der Waals surface area contributed by atoms with Crippen LogP contribution in [-0.4, -0.2) is 53.8 Å². The van der Waals surface area contributed by atoms with E-state index in [4.69, 9.17) is 23.2 Å². The lowest BCUT2D eigenvalue weighted by atomic mass is 10.1. The third kappa shape index (κ3) is 4.62. The zero-order valence-electron chi connectivity index (χ0n) is 14.2. The second-order valence-corrected chi connectivity index (χ2v) is 7.15. The molecular weight excluding hydrogens is 349 g/mol. The molecule has 1 saturated heterocycles. The average Bonchev–Trinajstić information content (AvgIpc) is 2.56. The molecule has 1 atom stereocenters. The van der Waals surface area contributed by atoms with Crippen LogP contribution in [0.15, 0.2) is 18.2 Å². The van der Waals surface area contributed by atoms with Gasteiger partial charge in [-0.2, -0.15) is 0 Å². The van der Waals surface area contributed by atoms with Gasteiger partial charge >= 0.3 is 0 Å². The van der Waals surface area contributed by atoms with Crippen molar-refractivity contribution in [1.29, 1.82) is 0 Å². The maximum atomic E-state index is 12.4. The topological polar surface area (TPSA) is 52.7 Å². The first-order chi connectivity index (χ1) is 11.3. The molecular formula is C17H23Cl2N3O2. The number of halogens is 2. The Morgan fingerprint density at radius 1 is 1.08 bits per heavy atom. The molecule has 1 fully saturated rings. The van der Waals surface area contributed by atoms with E-state index in [-0.39, 0.29) is 23.8 Å². The summed E-state index contributed by atoms with van der Waals surface area (Å²) in [5.41, 5.74) is 0.548. The molecule has 1 aliphatic rings. The van der Waals surface area contributed by atoms with Crippen molar-refractivity contribution in [2.45, 2.75) is 26.8 Å². The molecule has 2 rings (SSSR count). The van der Waals surface area contributed by atoms with Crippen LogP contribution in [0.5, 0.6) is 0 Å². The van der Waals surface area contributed by atoms with Crippen molar-refractivity contribution in [1.82, 2.24) is 9.80 Å². The number of hydrogen-bond acceptors (Lipinski definition) is 3. The molecule has 5 nitrogen and oxygen atoms in total. The van der Waals surface area contributed by atoms with Crippen LogP contribution in [-0.2, 0) is 9.59 Å². The Morgan fingerprint density at radius 2 is 1.71 bits per heavy atom. The van der Waals surface area contributed by atoms with Crippen LogP contribution in [0, 0.1) is 5.92 Å². The number of hydrogen-bond donors (Lipinski definition) is 1. The van der Waals surface area contributed by atoms with Gasteiger partial charge in [-0.15, -0.1) is 0 Å². The fourth-order valence-corrected chi connectivity index (χ4v) is 3.14. The molecule has 0 radical (unpaired) electrons. The van der Waals surface area contributed by atoms with E-state index in [1.807, 2.05) is 25.7 Å². The minimum absolute atomic E-state index is 0.00400. The molecule has 0 aromatic heterocycles. The number of amides is 2. The molecule has 1 unspecified atom stereocenters. The van der Waals surface area contributed by atoms with E-state index in [9.17, 15) is 9.59 Å². The summed E-state index contributed by atoms with van der Waals surface area (Å²) >= 11 is 12.0. The number of anilines is 1. The molecule has 1 heterocycles. The Kier molecular flexibility index (Phi) is 6.49. The quantitative estimate of drug-likeness (QED) is 0.884. The molecule has 1 aromatic carbocycles. The van der Waals surface area contributed by atoms with Crippen molar-refractivity contribution < 1.29 is 9.59 Å². The smallest absolute Gasteiger partial charge is 0.241 e. The summed E-state index contributed by atoms with van der Waals surface area (Å²) < 4.78 is 0. The number of benzene rings is 1. The maximum absolute atomic E-state index is 12.4. The van der Waals surface area contributed by atoms with Gasteiger partial charge in [0.2, 0.25) is 11.8 Å². The summed E-state index contributed by atoms with van der Waals surface area (Å²) in [5, 5.41) is 3.77. The highest BCUT2D eigenvalue weighted by Crippen LogP contribution is 2.25. The Labute approximate surface area is 152 Å². The lowest BCUT2D eigenvalue weighted by Gasteiger charge is -2.38. The number of carbonyl (C=O) groups is 2. The van der Waals surface area contributed by atoms with E-state index < -0.39 is 0 Å². The molecule has 7 heteroatoms. The summed E-state index contributed by atoms with van der Waals surface area (Å²) in [6.45, 7) is 8.33. The van der Waals surface area contributed by atoms with Crippen LogP contribution in [0.2, 0.25) is 10.0 Å². The fourth-order valence-electron chi connectivity index (χ4n) is 2.69. The SMILES string of the molecule is CC(C)C(=O)N1CCN(C(C)C(=O)Nc2ccc(Cl)cc2Cl)CC1. The molecule has 24 heavy (non-hydrogen) atoms. The van der Waals surface area contributed by atoms with Crippen molar-refractivity contribution in [3.8, 4) is 0 Å². The highest BCUT2D eigenvalue weighted by atomic mass is 35.5. The molecule has 0 aliphatic carbocycles. The molecule has 1 aromatic rings. The number of piperazine rings is 1. The Morgan fingerprint density at radius 3 is 2.25 bits per heavy atom.